The summed E-state index contributed by atoms with van der Waals surface area (Å²) >= 11 is 0. The molecule has 2 fully saturated rings. The number of carbonyl (C=O) groups is 3. The molecule has 0 radical (unpaired) electrons. The lowest BCUT2D eigenvalue weighted by Crippen LogP contribution is -2.45. The zero-order chi connectivity index (χ0) is 18.5. The normalized spacial score (nSPS) is 20.7. The Labute approximate surface area is 153 Å². The van der Waals surface area contributed by atoms with E-state index in [1.165, 1.54) is 6.92 Å². The highest BCUT2D eigenvalue weighted by molar-refractivity contribution is 5.93. The molecule has 2 aliphatic heterocycles. The molecule has 0 aromatic heterocycles. The molecule has 2 heterocycles. The van der Waals surface area contributed by atoms with Crippen LogP contribution in [0.1, 0.15) is 32.6 Å². The average molecular weight is 359 g/mol. The van der Waals surface area contributed by atoms with E-state index in [0.717, 1.165) is 12.8 Å². The Balaban J connectivity index is 1.47. The van der Waals surface area contributed by atoms with Gasteiger partial charge in [-0.15, -0.1) is 0 Å². The summed E-state index contributed by atoms with van der Waals surface area (Å²) in [5.41, 5.74) is 1.39. The van der Waals surface area contributed by atoms with Gasteiger partial charge in [0.1, 0.15) is 6.10 Å². The monoisotopic (exact) mass is 359 g/mol. The highest BCUT2D eigenvalue weighted by Crippen LogP contribution is 2.23. The van der Waals surface area contributed by atoms with Crippen LogP contribution in [0, 0.1) is 5.92 Å². The maximum Gasteiger partial charge on any atom is 0.251 e. The van der Waals surface area contributed by atoms with Gasteiger partial charge in [0.15, 0.2) is 0 Å². The topological polar surface area (TPSA) is 87.7 Å². The van der Waals surface area contributed by atoms with E-state index in [4.69, 9.17) is 4.74 Å². The fourth-order valence-electron chi connectivity index (χ4n) is 3.42. The first-order valence-corrected chi connectivity index (χ1v) is 9.12. The van der Waals surface area contributed by atoms with Gasteiger partial charge in [0.2, 0.25) is 11.8 Å². The van der Waals surface area contributed by atoms with Crippen molar-refractivity contribution in [3.63, 3.8) is 0 Å². The average Bonchev–Trinajstić information content (AvgIpc) is 3.17. The standard InChI is InChI=1S/C19H25N3O4/c1-13(23)20-15-4-6-16(7-5-15)21-18(24)14-8-10-22(11-9-14)19(25)17-3-2-12-26-17/h4-7,14,17H,2-3,8-12H2,1H3,(H,20,23)(H,21,24). The van der Waals surface area contributed by atoms with Crippen molar-refractivity contribution in [1.29, 1.82) is 0 Å². The number of anilines is 2. The Morgan fingerprint density at radius 3 is 2.15 bits per heavy atom. The third-order valence-corrected chi connectivity index (χ3v) is 4.86. The lowest BCUT2D eigenvalue weighted by Gasteiger charge is -2.32. The molecule has 26 heavy (non-hydrogen) atoms. The summed E-state index contributed by atoms with van der Waals surface area (Å²) in [4.78, 5) is 37.6. The summed E-state index contributed by atoms with van der Waals surface area (Å²) in [5, 5.41) is 5.60. The van der Waals surface area contributed by atoms with Gasteiger partial charge in [0, 0.05) is 43.9 Å². The van der Waals surface area contributed by atoms with Gasteiger partial charge in [-0.25, -0.2) is 0 Å². The minimum Gasteiger partial charge on any atom is -0.368 e. The van der Waals surface area contributed by atoms with Gasteiger partial charge in [-0.3, -0.25) is 14.4 Å². The van der Waals surface area contributed by atoms with Crippen LogP contribution in [0.3, 0.4) is 0 Å². The van der Waals surface area contributed by atoms with Crippen LogP contribution in [0.5, 0.6) is 0 Å². The molecule has 0 saturated carbocycles. The van der Waals surface area contributed by atoms with Crippen molar-refractivity contribution in [3.05, 3.63) is 24.3 Å². The summed E-state index contributed by atoms with van der Waals surface area (Å²) in [6.07, 6.45) is 2.77. The van der Waals surface area contributed by atoms with Crippen LogP contribution in [0.2, 0.25) is 0 Å². The first-order chi connectivity index (χ1) is 12.5. The molecule has 0 spiro atoms. The molecule has 140 valence electrons. The third-order valence-electron chi connectivity index (χ3n) is 4.86. The van der Waals surface area contributed by atoms with Crippen molar-refractivity contribution in [1.82, 2.24) is 4.90 Å². The predicted molar refractivity (Wildman–Crippen MR) is 97.7 cm³/mol. The molecule has 7 heteroatoms. The molecule has 1 aromatic rings. The zero-order valence-electron chi connectivity index (χ0n) is 15.0. The fourth-order valence-corrected chi connectivity index (χ4v) is 3.42. The Morgan fingerprint density at radius 1 is 1.00 bits per heavy atom. The number of benzene rings is 1. The first kappa shape index (κ1) is 18.4. The van der Waals surface area contributed by atoms with E-state index >= 15 is 0 Å². The lowest BCUT2D eigenvalue weighted by molar-refractivity contribution is -0.143. The van der Waals surface area contributed by atoms with Crippen molar-refractivity contribution in [2.45, 2.75) is 38.7 Å². The van der Waals surface area contributed by atoms with E-state index in [-0.39, 0.29) is 29.7 Å². The summed E-state index contributed by atoms with van der Waals surface area (Å²) in [6, 6.07) is 7.03. The maximum absolute atomic E-state index is 12.5. The maximum atomic E-state index is 12.5. The number of amides is 3. The van der Waals surface area contributed by atoms with Gasteiger partial charge in [-0.05, 0) is 49.9 Å². The van der Waals surface area contributed by atoms with Crippen molar-refractivity contribution in [3.8, 4) is 0 Å². The molecule has 2 saturated heterocycles. The highest BCUT2D eigenvalue weighted by Gasteiger charge is 2.32. The number of ether oxygens (including phenoxy) is 1. The summed E-state index contributed by atoms with van der Waals surface area (Å²) in [7, 11) is 0. The quantitative estimate of drug-likeness (QED) is 0.861. The van der Waals surface area contributed by atoms with E-state index in [9.17, 15) is 14.4 Å². The van der Waals surface area contributed by atoms with Gasteiger partial charge in [0.05, 0.1) is 0 Å². The molecule has 0 bridgehead atoms. The molecule has 3 amide bonds. The Bertz CT molecular complexity index is 660. The summed E-state index contributed by atoms with van der Waals surface area (Å²) in [5.74, 6) is -0.193. The summed E-state index contributed by atoms with van der Waals surface area (Å²) < 4.78 is 5.46. The van der Waals surface area contributed by atoms with E-state index < -0.39 is 0 Å². The van der Waals surface area contributed by atoms with Crippen LogP contribution in [-0.2, 0) is 19.1 Å². The van der Waals surface area contributed by atoms with E-state index in [1.807, 2.05) is 4.90 Å². The fraction of sp³-hybridized carbons (Fsp3) is 0.526. The van der Waals surface area contributed by atoms with E-state index in [0.29, 0.717) is 43.9 Å². The molecular weight excluding hydrogens is 334 g/mol. The largest absolute Gasteiger partial charge is 0.368 e. The molecule has 1 unspecified atom stereocenters. The minimum absolute atomic E-state index is 0.0264. The first-order valence-electron chi connectivity index (χ1n) is 9.12. The third kappa shape index (κ3) is 4.60. The number of hydrogen-bond donors (Lipinski definition) is 2. The second-order valence-electron chi connectivity index (χ2n) is 6.85. The van der Waals surface area contributed by atoms with Crippen LogP contribution >= 0.6 is 0 Å². The number of carbonyl (C=O) groups excluding carboxylic acids is 3. The molecule has 2 aliphatic rings. The Kier molecular flexibility index (Phi) is 5.88. The van der Waals surface area contributed by atoms with Crippen LogP contribution in [-0.4, -0.2) is 48.4 Å². The van der Waals surface area contributed by atoms with Crippen molar-refractivity contribution in [2.24, 2.45) is 5.92 Å². The van der Waals surface area contributed by atoms with Crippen LogP contribution in [0.4, 0.5) is 11.4 Å². The molecule has 1 atom stereocenters. The predicted octanol–water partition coefficient (Wildman–Crippen LogP) is 2.00. The van der Waals surface area contributed by atoms with Gasteiger partial charge >= 0.3 is 0 Å². The van der Waals surface area contributed by atoms with E-state index in [2.05, 4.69) is 10.6 Å². The molecular formula is C19H25N3O4. The number of nitrogens with one attached hydrogen (secondary N) is 2. The second kappa shape index (κ2) is 8.31. The molecule has 7 nitrogen and oxygen atoms in total. The molecule has 0 aliphatic carbocycles. The number of nitrogens with zero attached hydrogens (tertiary/aromatic N) is 1. The SMILES string of the molecule is CC(=O)Nc1ccc(NC(=O)C2CCN(C(=O)C3CCCO3)CC2)cc1. The molecule has 2 N–H and O–H groups in total. The number of rotatable bonds is 4. The molecule has 1 aromatic carbocycles. The number of likely N-dealkylation sites (tertiary alicyclic amines) is 1. The van der Waals surface area contributed by atoms with Gasteiger partial charge < -0.3 is 20.3 Å². The minimum atomic E-state index is -0.289. The van der Waals surface area contributed by atoms with Crippen LogP contribution in [0.25, 0.3) is 0 Å². The van der Waals surface area contributed by atoms with Gasteiger partial charge in [-0.1, -0.05) is 0 Å². The lowest BCUT2D eigenvalue weighted by atomic mass is 9.95. The Hall–Kier alpha value is -2.41. The van der Waals surface area contributed by atoms with Crippen LogP contribution in [0.15, 0.2) is 24.3 Å². The van der Waals surface area contributed by atoms with Gasteiger partial charge in [0.25, 0.3) is 5.91 Å². The number of hydrogen-bond acceptors (Lipinski definition) is 4. The van der Waals surface area contributed by atoms with Crippen molar-refractivity contribution < 1.29 is 19.1 Å². The van der Waals surface area contributed by atoms with Crippen LogP contribution < -0.4 is 10.6 Å². The Morgan fingerprint density at radius 2 is 1.62 bits per heavy atom. The second-order valence-corrected chi connectivity index (χ2v) is 6.85. The van der Waals surface area contributed by atoms with Crippen molar-refractivity contribution >= 4 is 29.1 Å². The highest BCUT2D eigenvalue weighted by atomic mass is 16.5. The smallest absolute Gasteiger partial charge is 0.251 e. The zero-order valence-corrected chi connectivity index (χ0v) is 15.0. The van der Waals surface area contributed by atoms with Crippen molar-refractivity contribution in [2.75, 3.05) is 30.3 Å². The summed E-state index contributed by atoms with van der Waals surface area (Å²) in [6.45, 7) is 3.30. The van der Waals surface area contributed by atoms with Gasteiger partial charge in [-0.2, -0.15) is 0 Å². The molecule has 3 rings (SSSR count). The number of piperidine rings is 1. The van der Waals surface area contributed by atoms with E-state index in [1.54, 1.807) is 24.3 Å².